The van der Waals surface area contributed by atoms with Crippen molar-refractivity contribution in [2.75, 3.05) is 6.61 Å². The second-order valence-corrected chi connectivity index (χ2v) is 9.84. The number of nitrogens with zero attached hydrogens (tertiary/aromatic N) is 3. The lowest BCUT2D eigenvalue weighted by Gasteiger charge is -2.13. The van der Waals surface area contributed by atoms with Crippen molar-refractivity contribution in [3.63, 3.8) is 0 Å². The third kappa shape index (κ3) is 4.87. The molecule has 5 rings (SSSR count). The topological polar surface area (TPSA) is 47.4 Å². The highest BCUT2D eigenvalue weighted by Crippen LogP contribution is 2.35. The Bertz CT molecular complexity index is 1380. The quantitative estimate of drug-likeness (QED) is 0.222. The van der Waals surface area contributed by atoms with Crippen LogP contribution in [0.4, 0.5) is 0 Å². The maximum atomic E-state index is 13.1. The van der Waals surface area contributed by atoms with Crippen molar-refractivity contribution in [1.82, 2.24) is 14.5 Å². The van der Waals surface area contributed by atoms with E-state index in [1.807, 2.05) is 54.6 Å². The summed E-state index contributed by atoms with van der Waals surface area (Å²) in [6, 6.07) is 19.3. The van der Waals surface area contributed by atoms with E-state index < -0.39 is 0 Å². The monoisotopic (exact) mass is 505 g/mol. The van der Waals surface area contributed by atoms with Crippen LogP contribution in [-0.4, -0.2) is 31.3 Å². The molecule has 8 heteroatoms. The van der Waals surface area contributed by atoms with Crippen molar-refractivity contribution in [2.45, 2.75) is 13.1 Å². The third-order valence-electron chi connectivity index (χ3n) is 5.46. The number of hydrogen-bond acceptors (Lipinski definition) is 5. The molecule has 0 aliphatic carbocycles. The van der Waals surface area contributed by atoms with E-state index in [4.69, 9.17) is 28.6 Å². The maximum absolute atomic E-state index is 13.1. The molecule has 3 heterocycles. The highest BCUT2D eigenvalue weighted by atomic mass is 35.5. The first-order valence-corrected chi connectivity index (χ1v) is 12.3. The number of rotatable bonds is 7. The Labute approximate surface area is 212 Å². The summed E-state index contributed by atoms with van der Waals surface area (Å²) in [5.74, 6) is 0.695. The number of aromatic nitrogens is 2. The fraction of sp³-hybridized carbons (Fsp3) is 0.115. The van der Waals surface area contributed by atoms with Crippen molar-refractivity contribution in [2.24, 2.45) is 0 Å². The van der Waals surface area contributed by atoms with Gasteiger partial charge in [-0.3, -0.25) is 14.7 Å². The van der Waals surface area contributed by atoms with E-state index in [0.29, 0.717) is 33.9 Å². The smallest absolute Gasteiger partial charge is 0.266 e. The minimum absolute atomic E-state index is 0.0817. The normalized spacial score (nSPS) is 15.0. The van der Waals surface area contributed by atoms with Gasteiger partial charge in [-0.05, 0) is 48.0 Å². The van der Waals surface area contributed by atoms with Crippen LogP contribution < -0.4 is 4.74 Å². The summed E-state index contributed by atoms with van der Waals surface area (Å²) < 4.78 is 8.58. The standard InChI is InChI=1S/C26H20ClN3O2S2/c27-20-7-9-21(10-8-20)32-13-12-29-17-19(22-5-1-2-6-23(22)29)14-24-25(31)30(26(33)34-24)16-18-4-3-11-28-15-18/h1-11,14-15,17H,12-13,16H2/b24-14-. The van der Waals surface area contributed by atoms with E-state index >= 15 is 0 Å². The molecule has 0 N–H and O–H groups in total. The highest BCUT2D eigenvalue weighted by molar-refractivity contribution is 8.26. The number of carbonyl (C=O) groups excluding carboxylic acids is 1. The van der Waals surface area contributed by atoms with Crippen LogP contribution in [0.1, 0.15) is 11.1 Å². The summed E-state index contributed by atoms with van der Waals surface area (Å²) in [6.45, 7) is 1.59. The molecule has 34 heavy (non-hydrogen) atoms. The summed E-state index contributed by atoms with van der Waals surface area (Å²) in [5, 5.41) is 1.76. The molecule has 0 bridgehead atoms. The number of benzene rings is 2. The van der Waals surface area contributed by atoms with Gasteiger partial charge in [0, 0.05) is 40.1 Å². The first kappa shape index (κ1) is 22.7. The minimum atomic E-state index is -0.0817. The van der Waals surface area contributed by atoms with Crippen molar-refractivity contribution in [3.8, 4) is 5.75 Å². The molecule has 0 radical (unpaired) electrons. The maximum Gasteiger partial charge on any atom is 0.266 e. The van der Waals surface area contributed by atoms with Crippen LogP contribution in [0.5, 0.6) is 5.75 Å². The van der Waals surface area contributed by atoms with Gasteiger partial charge >= 0.3 is 0 Å². The number of amides is 1. The lowest BCUT2D eigenvalue weighted by Crippen LogP contribution is -2.27. The first-order valence-electron chi connectivity index (χ1n) is 10.7. The van der Waals surface area contributed by atoms with E-state index in [0.717, 1.165) is 27.8 Å². The number of hydrogen-bond donors (Lipinski definition) is 0. The third-order valence-corrected chi connectivity index (χ3v) is 7.09. The molecule has 170 valence electrons. The second kappa shape index (κ2) is 10.0. The molecule has 0 saturated carbocycles. The SMILES string of the molecule is O=C1/C(=C/c2cn(CCOc3ccc(Cl)cc3)c3ccccc23)SC(=S)N1Cc1cccnc1. The van der Waals surface area contributed by atoms with Gasteiger partial charge in [-0.25, -0.2) is 0 Å². The van der Waals surface area contributed by atoms with Crippen LogP contribution in [0.3, 0.4) is 0 Å². The van der Waals surface area contributed by atoms with Gasteiger partial charge in [0.2, 0.25) is 0 Å². The molecule has 0 atom stereocenters. The van der Waals surface area contributed by atoms with Crippen molar-refractivity contribution in [3.05, 3.63) is 100 Å². The second-order valence-electron chi connectivity index (χ2n) is 7.73. The molecular formula is C26H20ClN3O2S2. The molecule has 5 nitrogen and oxygen atoms in total. The average molecular weight is 506 g/mol. The number of ether oxygens (including phenoxy) is 1. The van der Waals surface area contributed by atoms with E-state index in [-0.39, 0.29) is 5.91 Å². The van der Waals surface area contributed by atoms with Gasteiger partial charge in [0.15, 0.2) is 0 Å². The number of thiocarbonyl (C=S) groups is 1. The number of para-hydroxylation sites is 1. The van der Waals surface area contributed by atoms with E-state index in [1.165, 1.54) is 11.8 Å². The minimum Gasteiger partial charge on any atom is -0.492 e. The first-order chi connectivity index (χ1) is 16.6. The fourth-order valence-corrected chi connectivity index (χ4v) is 5.19. The van der Waals surface area contributed by atoms with E-state index in [1.54, 1.807) is 17.3 Å². The number of thioether (sulfide) groups is 1. The zero-order valence-electron chi connectivity index (χ0n) is 18.1. The summed E-state index contributed by atoms with van der Waals surface area (Å²) >= 11 is 12.8. The predicted octanol–water partition coefficient (Wildman–Crippen LogP) is 6.17. The lowest BCUT2D eigenvalue weighted by atomic mass is 10.1. The Kier molecular flexibility index (Phi) is 6.67. The number of fused-ring (bicyclic) bond motifs is 1. The van der Waals surface area contributed by atoms with Crippen molar-refractivity contribution < 1.29 is 9.53 Å². The summed E-state index contributed by atoms with van der Waals surface area (Å²) in [6.07, 6.45) is 7.46. The lowest BCUT2D eigenvalue weighted by molar-refractivity contribution is -0.122. The van der Waals surface area contributed by atoms with Crippen LogP contribution in [0, 0.1) is 0 Å². The average Bonchev–Trinajstić information content (AvgIpc) is 3.33. The highest BCUT2D eigenvalue weighted by Gasteiger charge is 2.32. The number of carbonyl (C=O) groups is 1. The van der Waals surface area contributed by atoms with Crippen LogP contribution in [-0.2, 0) is 17.9 Å². The van der Waals surface area contributed by atoms with Crippen molar-refractivity contribution in [1.29, 1.82) is 0 Å². The number of halogens is 1. The Morgan fingerprint density at radius 2 is 1.91 bits per heavy atom. The van der Waals surface area contributed by atoms with Crippen LogP contribution >= 0.6 is 35.6 Å². The molecule has 4 aromatic rings. The molecule has 1 fully saturated rings. The van der Waals surface area contributed by atoms with Gasteiger partial charge in [-0.1, -0.05) is 59.8 Å². The van der Waals surface area contributed by atoms with Gasteiger partial charge in [0.05, 0.1) is 18.0 Å². The molecule has 1 saturated heterocycles. The Morgan fingerprint density at radius 3 is 2.71 bits per heavy atom. The molecule has 1 aliphatic heterocycles. The van der Waals surface area contributed by atoms with Gasteiger partial charge in [0.25, 0.3) is 5.91 Å². The van der Waals surface area contributed by atoms with Crippen LogP contribution in [0.25, 0.3) is 17.0 Å². The molecule has 2 aromatic carbocycles. The van der Waals surface area contributed by atoms with E-state index in [9.17, 15) is 4.79 Å². The van der Waals surface area contributed by atoms with Gasteiger partial charge in [-0.2, -0.15) is 0 Å². The summed E-state index contributed by atoms with van der Waals surface area (Å²) in [7, 11) is 0. The molecule has 1 amide bonds. The molecular weight excluding hydrogens is 486 g/mol. The largest absolute Gasteiger partial charge is 0.492 e. The van der Waals surface area contributed by atoms with Crippen LogP contribution in [0.15, 0.2) is 84.2 Å². The Morgan fingerprint density at radius 1 is 1.09 bits per heavy atom. The zero-order chi connectivity index (χ0) is 23.5. The van der Waals surface area contributed by atoms with Gasteiger partial charge < -0.3 is 9.30 Å². The number of pyridine rings is 1. The van der Waals surface area contributed by atoms with Gasteiger partial charge in [-0.15, -0.1) is 0 Å². The molecule has 2 aromatic heterocycles. The fourth-order valence-electron chi connectivity index (χ4n) is 3.82. The zero-order valence-corrected chi connectivity index (χ0v) is 20.4. The summed E-state index contributed by atoms with van der Waals surface area (Å²) in [4.78, 5) is 19.5. The van der Waals surface area contributed by atoms with Gasteiger partial charge in [0.1, 0.15) is 16.7 Å². The van der Waals surface area contributed by atoms with E-state index in [2.05, 4.69) is 27.9 Å². The molecule has 1 aliphatic rings. The van der Waals surface area contributed by atoms with Crippen molar-refractivity contribution >= 4 is 62.8 Å². The molecule has 0 spiro atoms. The predicted molar refractivity (Wildman–Crippen MR) is 142 cm³/mol. The Hall–Kier alpha value is -3.13. The molecule has 0 unspecified atom stereocenters. The summed E-state index contributed by atoms with van der Waals surface area (Å²) in [5.41, 5.74) is 3.00. The van der Waals surface area contributed by atoms with Crippen LogP contribution in [0.2, 0.25) is 5.02 Å². The Balaban J connectivity index is 1.36.